The number of rotatable bonds is 5. The lowest BCUT2D eigenvalue weighted by atomic mass is 9.98. The zero-order chi connectivity index (χ0) is 19.4. The number of halogens is 1. The lowest BCUT2D eigenvalue weighted by molar-refractivity contribution is -0.120. The molecule has 1 atom stereocenters. The number of benzene rings is 2. The van der Waals surface area contributed by atoms with Gasteiger partial charge in [0, 0.05) is 18.8 Å². The molecule has 0 bridgehead atoms. The van der Waals surface area contributed by atoms with Gasteiger partial charge >= 0.3 is 0 Å². The molecule has 1 aliphatic heterocycles. The third-order valence-electron chi connectivity index (χ3n) is 4.70. The maximum Gasteiger partial charge on any atom is 0.228 e. The molecular weight excluding hydrogens is 367 g/mol. The molecule has 0 spiro atoms. The molecule has 0 radical (unpaired) electrons. The van der Waals surface area contributed by atoms with Gasteiger partial charge in [0.05, 0.1) is 11.7 Å². The van der Waals surface area contributed by atoms with Crippen LogP contribution in [0, 0.1) is 18.7 Å². The Kier molecular flexibility index (Phi) is 5.92. The van der Waals surface area contributed by atoms with E-state index in [0.29, 0.717) is 30.6 Å². The average molecular weight is 390 g/mol. The second-order valence-electron chi connectivity index (χ2n) is 6.94. The predicted octanol–water partition coefficient (Wildman–Crippen LogP) is 3.31. The molecule has 3 rings (SSSR count). The van der Waals surface area contributed by atoms with Gasteiger partial charge in [-0.05, 0) is 55.2 Å². The number of hydrogen-bond acceptors (Lipinski definition) is 3. The average Bonchev–Trinajstić information content (AvgIpc) is 2.63. The molecule has 1 amide bonds. The highest BCUT2D eigenvalue weighted by molar-refractivity contribution is 7.88. The minimum atomic E-state index is -3.56. The van der Waals surface area contributed by atoms with Crippen LogP contribution in [0.25, 0.3) is 0 Å². The Bertz CT molecular complexity index is 913. The summed E-state index contributed by atoms with van der Waals surface area (Å²) in [5.41, 5.74) is 2.29. The maximum atomic E-state index is 13.0. The minimum Gasteiger partial charge on any atom is -0.326 e. The Balaban J connectivity index is 1.65. The minimum absolute atomic E-state index is 0.165. The lowest BCUT2D eigenvalue weighted by Crippen LogP contribution is -2.44. The van der Waals surface area contributed by atoms with Crippen LogP contribution in [0.3, 0.4) is 0 Å². The fourth-order valence-corrected chi connectivity index (χ4v) is 4.87. The van der Waals surface area contributed by atoms with E-state index in [1.54, 1.807) is 0 Å². The van der Waals surface area contributed by atoms with Crippen LogP contribution in [0.5, 0.6) is 0 Å². The summed E-state index contributed by atoms with van der Waals surface area (Å²) in [5, 5.41) is 2.88. The fraction of sp³-hybridized carbons (Fsp3) is 0.350. The summed E-state index contributed by atoms with van der Waals surface area (Å²) in [6, 6.07) is 12.9. The molecule has 1 saturated heterocycles. The van der Waals surface area contributed by atoms with Gasteiger partial charge < -0.3 is 5.32 Å². The van der Waals surface area contributed by atoms with Gasteiger partial charge in [0.1, 0.15) is 5.82 Å². The van der Waals surface area contributed by atoms with Crippen molar-refractivity contribution in [2.45, 2.75) is 25.5 Å². The van der Waals surface area contributed by atoms with Crippen molar-refractivity contribution >= 4 is 21.6 Å². The molecular formula is C20H23FN2O3S. The van der Waals surface area contributed by atoms with Crippen molar-refractivity contribution in [3.63, 3.8) is 0 Å². The molecule has 0 aromatic heterocycles. The van der Waals surface area contributed by atoms with Crippen LogP contribution in [-0.2, 0) is 20.6 Å². The van der Waals surface area contributed by atoms with Crippen molar-refractivity contribution in [3.8, 4) is 0 Å². The van der Waals surface area contributed by atoms with Crippen LogP contribution >= 0.6 is 0 Å². The smallest absolute Gasteiger partial charge is 0.228 e. The third kappa shape index (κ3) is 5.14. The molecule has 1 fully saturated rings. The van der Waals surface area contributed by atoms with Crippen LogP contribution in [0.1, 0.15) is 24.0 Å². The van der Waals surface area contributed by atoms with E-state index in [9.17, 15) is 17.6 Å². The van der Waals surface area contributed by atoms with Gasteiger partial charge in [0.2, 0.25) is 15.9 Å². The number of carbonyl (C=O) groups excluding carboxylic acids is 1. The summed E-state index contributed by atoms with van der Waals surface area (Å²) >= 11 is 0. The quantitative estimate of drug-likeness (QED) is 0.852. The van der Waals surface area contributed by atoms with Crippen molar-refractivity contribution in [1.82, 2.24) is 4.31 Å². The molecule has 2 aromatic rings. The molecule has 2 aromatic carbocycles. The van der Waals surface area contributed by atoms with Gasteiger partial charge in [0.25, 0.3) is 0 Å². The number of nitrogens with one attached hydrogen (secondary N) is 1. The molecule has 1 aliphatic rings. The number of sulfonamides is 1. The van der Waals surface area contributed by atoms with Crippen molar-refractivity contribution in [1.29, 1.82) is 0 Å². The topological polar surface area (TPSA) is 66.5 Å². The van der Waals surface area contributed by atoms with Crippen LogP contribution in [0.2, 0.25) is 0 Å². The monoisotopic (exact) mass is 390 g/mol. The first-order valence-electron chi connectivity index (χ1n) is 8.93. The number of anilines is 1. The maximum absolute atomic E-state index is 13.0. The molecule has 0 aliphatic carbocycles. The first kappa shape index (κ1) is 19.5. The highest BCUT2D eigenvalue weighted by Crippen LogP contribution is 2.23. The van der Waals surface area contributed by atoms with E-state index in [2.05, 4.69) is 5.32 Å². The highest BCUT2D eigenvalue weighted by Gasteiger charge is 2.32. The first-order chi connectivity index (χ1) is 12.8. The van der Waals surface area contributed by atoms with Crippen LogP contribution in [0.15, 0.2) is 48.5 Å². The summed E-state index contributed by atoms with van der Waals surface area (Å²) in [6.07, 6.45) is 1.29. The fourth-order valence-electron chi connectivity index (χ4n) is 3.26. The van der Waals surface area contributed by atoms with Crippen molar-refractivity contribution in [3.05, 3.63) is 65.5 Å². The molecule has 27 heavy (non-hydrogen) atoms. The largest absolute Gasteiger partial charge is 0.326 e. The Hall–Kier alpha value is -2.25. The Morgan fingerprint density at radius 3 is 2.67 bits per heavy atom. The van der Waals surface area contributed by atoms with Gasteiger partial charge in [-0.15, -0.1) is 0 Å². The van der Waals surface area contributed by atoms with E-state index in [0.717, 1.165) is 5.56 Å². The molecule has 1 heterocycles. The molecule has 7 heteroatoms. The molecule has 1 unspecified atom stereocenters. The summed E-state index contributed by atoms with van der Waals surface area (Å²) in [6.45, 7) is 2.51. The van der Waals surface area contributed by atoms with Gasteiger partial charge in [-0.3, -0.25) is 4.79 Å². The summed E-state index contributed by atoms with van der Waals surface area (Å²) in [7, 11) is -3.56. The zero-order valence-electron chi connectivity index (χ0n) is 15.2. The number of hydrogen-bond donors (Lipinski definition) is 1. The Morgan fingerprint density at radius 2 is 1.96 bits per heavy atom. The van der Waals surface area contributed by atoms with E-state index in [1.165, 1.54) is 28.6 Å². The summed E-state index contributed by atoms with van der Waals surface area (Å²) in [5.74, 6) is -1.15. The van der Waals surface area contributed by atoms with Crippen LogP contribution in [0.4, 0.5) is 10.1 Å². The van der Waals surface area contributed by atoms with E-state index >= 15 is 0 Å². The van der Waals surface area contributed by atoms with E-state index in [4.69, 9.17) is 0 Å². The standard InChI is InChI=1S/C20H23FN2O3S/c1-15-4-2-6-19(12-15)22-20(24)17-5-3-11-23(13-17)27(25,26)14-16-7-9-18(21)10-8-16/h2,4,6-10,12,17H,3,5,11,13-14H2,1H3,(H,22,24). The zero-order valence-corrected chi connectivity index (χ0v) is 16.0. The molecule has 5 nitrogen and oxygen atoms in total. The second-order valence-corrected chi connectivity index (χ2v) is 8.91. The van der Waals surface area contributed by atoms with Crippen LogP contribution < -0.4 is 5.32 Å². The number of amides is 1. The molecule has 1 N–H and O–H groups in total. The Morgan fingerprint density at radius 1 is 1.22 bits per heavy atom. The van der Waals surface area contributed by atoms with E-state index < -0.39 is 15.8 Å². The summed E-state index contributed by atoms with van der Waals surface area (Å²) < 4.78 is 39.8. The first-order valence-corrected chi connectivity index (χ1v) is 10.5. The van der Waals surface area contributed by atoms with Gasteiger partial charge in [-0.25, -0.2) is 17.1 Å². The normalized spacial score (nSPS) is 18.2. The van der Waals surface area contributed by atoms with Crippen molar-refractivity contribution in [2.75, 3.05) is 18.4 Å². The highest BCUT2D eigenvalue weighted by atomic mass is 32.2. The van der Waals surface area contributed by atoms with Gasteiger partial charge in [-0.1, -0.05) is 24.3 Å². The van der Waals surface area contributed by atoms with E-state index in [1.807, 2.05) is 31.2 Å². The van der Waals surface area contributed by atoms with Crippen LogP contribution in [-0.4, -0.2) is 31.7 Å². The third-order valence-corrected chi connectivity index (χ3v) is 6.51. The van der Waals surface area contributed by atoms with Crippen molar-refractivity contribution in [2.24, 2.45) is 5.92 Å². The predicted molar refractivity (Wildman–Crippen MR) is 103 cm³/mol. The SMILES string of the molecule is Cc1cccc(NC(=O)C2CCCN(S(=O)(=O)Cc3ccc(F)cc3)C2)c1. The Labute approximate surface area is 159 Å². The molecule has 0 saturated carbocycles. The number of piperidine rings is 1. The van der Waals surface area contributed by atoms with Gasteiger partial charge in [0.15, 0.2) is 0 Å². The number of aryl methyl sites for hydroxylation is 1. The number of carbonyl (C=O) groups is 1. The lowest BCUT2D eigenvalue weighted by Gasteiger charge is -2.31. The summed E-state index contributed by atoms with van der Waals surface area (Å²) in [4.78, 5) is 12.6. The van der Waals surface area contributed by atoms with E-state index in [-0.39, 0.29) is 24.1 Å². The van der Waals surface area contributed by atoms with Gasteiger partial charge in [-0.2, -0.15) is 0 Å². The molecule has 144 valence electrons. The number of nitrogens with zero attached hydrogens (tertiary/aromatic N) is 1. The second kappa shape index (κ2) is 8.19. The van der Waals surface area contributed by atoms with Crippen molar-refractivity contribution < 1.29 is 17.6 Å².